The molecule has 0 saturated heterocycles. The Morgan fingerprint density at radius 2 is 0.926 bits per heavy atom. The Hall–Kier alpha value is -7.61. The number of aryl methyl sites for hydroxylation is 3. The van der Waals surface area contributed by atoms with Crippen molar-refractivity contribution in [2.75, 3.05) is 13.7 Å². The highest BCUT2D eigenvalue weighted by Gasteiger charge is 2.29. The topological polar surface area (TPSA) is 268 Å². The van der Waals surface area contributed by atoms with Crippen molar-refractivity contribution in [3.63, 3.8) is 0 Å². The second kappa shape index (κ2) is 36.6. The number of carbonyl (C=O) groups excluding carboxylic acids is 1. The van der Waals surface area contributed by atoms with Gasteiger partial charge in [0.15, 0.2) is 36.6 Å². The van der Waals surface area contributed by atoms with Crippen LogP contribution in [-0.4, -0.2) is 105 Å². The van der Waals surface area contributed by atoms with Gasteiger partial charge in [0.1, 0.15) is 34.5 Å². The van der Waals surface area contributed by atoms with Crippen molar-refractivity contribution < 1.29 is 87.5 Å². The maximum atomic E-state index is 11.1. The molecule has 0 fully saturated rings. The van der Waals surface area contributed by atoms with Gasteiger partial charge in [0.05, 0.1) is 12.1 Å². The summed E-state index contributed by atoms with van der Waals surface area (Å²) in [5.41, 5.74) is 2.06. The van der Waals surface area contributed by atoms with Crippen molar-refractivity contribution >= 4 is 93.8 Å². The normalized spacial score (nSPS) is 11.5. The number of hydrogen-bond acceptors (Lipinski definition) is 13. The summed E-state index contributed by atoms with van der Waals surface area (Å²) in [7, 11) is 1.35. The number of carbonyl (C=O) groups is 6. The molecule has 0 saturated carbocycles. The molecule has 6 rings (SSSR count). The number of rotatable bonds is 18. The molecule has 5 N–H and O–H groups in total. The Labute approximate surface area is 494 Å². The third-order valence-corrected chi connectivity index (χ3v) is 10.8. The lowest BCUT2D eigenvalue weighted by atomic mass is 10.1. The van der Waals surface area contributed by atoms with Crippen molar-refractivity contribution in [2.45, 2.75) is 92.3 Å². The summed E-state index contributed by atoms with van der Waals surface area (Å²) in [5, 5.41) is 45.1. The monoisotopic (exact) mass is 1220 g/mol. The van der Waals surface area contributed by atoms with Gasteiger partial charge in [-0.2, -0.15) is 0 Å². The number of benzene rings is 6. The maximum absolute atomic E-state index is 11.1. The number of aliphatic carboxylic acids is 5. The predicted octanol–water partition coefficient (Wildman–Crippen LogP) is 13.5. The highest BCUT2D eigenvalue weighted by Crippen LogP contribution is 2.29. The molecule has 81 heavy (non-hydrogen) atoms. The van der Waals surface area contributed by atoms with E-state index in [1.807, 2.05) is 69.3 Å². The first-order valence-corrected chi connectivity index (χ1v) is 25.8. The fourth-order valence-electron chi connectivity index (χ4n) is 5.53. The standard InChI is InChI=1S/C11H14O3.2C10H12O3.2C9H8Cl2O3.C9H9ClO3/c1-8-5-4-6-10(7-8)14-9(2)11(12)13-3;1-7-3-8(2)5-9(4-7)13-6-10(11)12;1-10(2,9(11)12)13-8-6-4-3-5-7-8;1-5(9(12)13)14-8-3-6(10)2-7(11)4-8;1-5(9(12)13)14-8-3-2-6(10)4-7(8)11;1-6(9(11)12)13-8-4-2-7(10)3-5-8/h4-7,9H,1-3H3;3-5H,6H2,1-2H3,(H,11,12);3-7H,1-2H3,(H,11,12);2*2-5H,1H3,(H,12,13);2-6H,1H3,(H,11,12). The fourth-order valence-corrected chi connectivity index (χ4v) is 6.61. The molecule has 4 atom stereocenters. The van der Waals surface area contributed by atoms with E-state index in [-0.39, 0.29) is 12.6 Å². The van der Waals surface area contributed by atoms with E-state index in [0.717, 1.165) is 16.7 Å². The smallest absolute Gasteiger partial charge is 0.347 e. The number of carboxylic acids is 5. The molecule has 0 aliphatic heterocycles. The minimum absolute atomic E-state index is 0.289. The second-order valence-corrected chi connectivity index (χ2v) is 19.4. The molecule has 0 aliphatic carbocycles. The minimum atomic E-state index is -1.18. The molecule has 438 valence electrons. The molecule has 18 nitrogen and oxygen atoms in total. The molecular weight excluding hydrogens is 1160 g/mol. The summed E-state index contributed by atoms with van der Waals surface area (Å²) in [5.74, 6) is -2.37. The number of hydrogen-bond donors (Lipinski definition) is 5. The molecule has 0 spiro atoms. The number of halogens is 5. The number of carboxylic acid groups (broad SMARTS) is 5. The third kappa shape index (κ3) is 31.1. The van der Waals surface area contributed by atoms with Crippen molar-refractivity contribution in [2.24, 2.45) is 0 Å². The third-order valence-electron chi connectivity index (χ3n) is 9.54. The Balaban J connectivity index is 0.000000486. The molecule has 0 heterocycles. The summed E-state index contributed by atoms with van der Waals surface area (Å²) in [4.78, 5) is 63.4. The van der Waals surface area contributed by atoms with Gasteiger partial charge in [-0.3, -0.25) is 0 Å². The van der Waals surface area contributed by atoms with Gasteiger partial charge < -0.3 is 58.7 Å². The molecule has 0 aliphatic rings. The molecule has 4 unspecified atom stereocenters. The lowest BCUT2D eigenvalue weighted by Gasteiger charge is -2.21. The SMILES string of the molecule is CC(C)(Oc1ccccc1)C(=O)O.CC(Oc1cc(Cl)cc(Cl)c1)C(=O)O.CC(Oc1ccc(Cl)cc1)C(=O)O.CC(Oc1ccc(Cl)cc1Cl)C(=O)O.COC(=O)C(C)Oc1cccc(C)c1.Cc1cc(C)cc(OCC(=O)O)c1. The van der Waals surface area contributed by atoms with Crippen LogP contribution in [0.5, 0.6) is 34.5 Å². The van der Waals surface area contributed by atoms with Gasteiger partial charge in [-0.1, -0.05) is 94.4 Å². The van der Waals surface area contributed by atoms with Gasteiger partial charge in [0, 0.05) is 20.1 Å². The zero-order chi connectivity index (χ0) is 61.6. The fraction of sp³-hybridized carbons (Fsp3) is 0.276. The van der Waals surface area contributed by atoms with Gasteiger partial charge in [0.25, 0.3) is 0 Å². The molecule has 6 aromatic carbocycles. The summed E-state index contributed by atoms with van der Waals surface area (Å²) >= 11 is 28.5. The van der Waals surface area contributed by atoms with Crippen LogP contribution in [0.3, 0.4) is 0 Å². The average molecular weight is 1230 g/mol. The zero-order valence-electron chi connectivity index (χ0n) is 45.7. The van der Waals surface area contributed by atoms with E-state index in [1.165, 1.54) is 66.0 Å². The van der Waals surface area contributed by atoms with Crippen LogP contribution >= 0.6 is 58.0 Å². The van der Waals surface area contributed by atoms with Crippen molar-refractivity contribution in [3.8, 4) is 34.5 Å². The van der Waals surface area contributed by atoms with Crippen LogP contribution in [0.15, 0.2) is 133 Å². The van der Waals surface area contributed by atoms with Crippen LogP contribution in [-0.2, 0) is 33.5 Å². The largest absolute Gasteiger partial charge is 0.482 e. The lowest BCUT2D eigenvalue weighted by Crippen LogP contribution is -2.37. The first kappa shape index (κ1) is 71.4. The molecule has 0 bridgehead atoms. The number of ether oxygens (including phenoxy) is 7. The predicted molar refractivity (Wildman–Crippen MR) is 309 cm³/mol. The van der Waals surface area contributed by atoms with Gasteiger partial charge in [-0.05, 0) is 176 Å². The number of methoxy groups -OCH3 is 1. The van der Waals surface area contributed by atoms with Crippen LogP contribution in [0, 0.1) is 20.8 Å². The maximum Gasteiger partial charge on any atom is 0.347 e. The lowest BCUT2D eigenvalue weighted by molar-refractivity contribution is -0.152. The first-order chi connectivity index (χ1) is 37.8. The van der Waals surface area contributed by atoms with Crippen LogP contribution in [0.25, 0.3) is 0 Å². The Morgan fingerprint density at radius 1 is 0.457 bits per heavy atom. The van der Waals surface area contributed by atoms with E-state index >= 15 is 0 Å². The van der Waals surface area contributed by atoms with Gasteiger partial charge >= 0.3 is 35.8 Å². The Morgan fingerprint density at radius 3 is 1.40 bits per heavy atom. The molecular formula is C58H63Cl5O18. The van der Waals surface area contributed by atoms with E-state index in [2.05, 4.69) is 4.74 Å². The molecule has 0 radical (unpaired) electrons. The summed E-state index contributed by atoms with van der Waals surface area (Å²) in [6.45, 7) is 14.6. The van der Waals surface area contributed by atoms with Crippen molar-refractivity contribution in [3.05, 3.63) is 175 Å². The number of para-hydroxylation sites is 1. The minimum Gasteiger partial charge on any atom is -0.482 e. The second-order valence-electron chi connectivity index (χ2n) is 17.3. The van der Waals surface area contributed by atoms with E-state index in [9.17, 15) is 28.8 Å². The van der Waals surface area contributed by atoms with E-state index < -0.39 is 59.9 Å². The van der Waals surface area contributed by atoms with Gasteiger partial charge in [0.2, 0.25) is 0 Å². The quantitative estimate of drug-likeness (QED) is 0.0501. The van der Waals surface area contributed by atoms with E-state index in [1.54, 1.807) is 67.6 Å². The van der Waals surface area contributed by atoms with Crippen molar-refractivity contribution in [1.82, 2.24) is 0 Å². The van der Waals surface area contributed by atoms with Gasteiger partial charge in [-0.25, -0.2) is 28.8 Å². The summed E-state index contributed by atoms with van der Waals surface area (Å²) in [6.07, 6.45) is -3.28. The first-order valence-electron chi connectivity index (χ1n) is 23.9. The number of esters is 1. The summed E-state index contributed by atoms with van der Waals surface area (Å²) in [6, 6.07) is 37.8. The van der Waals surface area contributed by atoms with Crippen LogP contribution in [0.1, 0.15) is 58.2 Å². The Bertz CT molecular complexity index is 2920. The highest BCUT2D eigenvalue weighted by molar-refractivity contribution is 6.35. The average Bonchev–Trinajstić information content (AvgIpc) is 3.37. The van der Waals surface area contributed by atoms with E-state index in [4.69, 9.17) is 112 Å². The van der Waals surface area contributed by atoms with Crippen LogP contribution in [0.4, 0.5) is 0 Å². The van der Waals surface area contributed by atoms with Crippen LogP contribution < -0.4 is 28.4 Å². The van der Waals surface area contributed by atoms with Crippen LogP contribution in [0.2, 0.25) is 25.1 Å². The van der Waals surface area contributed by atoms with E-state index in [0.29, 0.717) is 59.6 Å². The molecule has 6 aromatic rings. The zero-order valence-corrected chi connectivity index (χ0v) is 49.4. The molecule has 0 amide bonds. The molecule has 0 aromatic heterocycles. The Kier molecular flexibility index (Phi) is 32.3. The summed E-state index contributed by atoms with van der Waals surface area (Å²) < 4.78 is 35.4. The molecule has 23 heteroatoms. The van der Waals surface area contributed by atoms with Crippen molar-refractivity contribution in [1.29, 1.82) is 0 Å². The van der Waals surface area contributed by atoms with Gasteiger partial charge in [-0.15, -0.1) is 0 Å². The highest BCUT2D eigenvalue weighted by atomic mass is 35.5.